The number of hydrogen-bond acceptors (Lipinski definition) is 6. The van der Waals surface area contributed by atoms with Crippen molar-refractivity contribution in [1.82, 2.24) is 10.6 Å². The monoisotopic (exact) mass is 618 g/mol. The number of methoxy groups -OCH3 is 2. The van der Waals surface area contributed by atoms with Crippen LogP contribution in [0.5, 0.6) is 11.5 Å². The summed E-state index contributed by atoms with van der Waals surface area (Å²) in [5, 5.41) is 12.6. The van der Waals surface area contributed by atoms with E-state index in [-0.39, 0.29) is 30.5 Å². The van der Waals surface area contributed by atoms with Crippen molar-refractivity contribution in [3.63, 3.8) is 0 Å². The van der Waals surface area contributed by atoms with Crippen molar-refractivity contribution in [2.24, 2.45) is 0 Å². The Kier molecular flexibility index (Phi) is 10.6. The van der Waals surface area contributed by atoms with Crippen LogP contribution >= 0.6 is 7.60 Å². The average Bonchev–Trinajstić information content (AvgIpc) is 3.03. The molecule has 0 unspecified atom stereocenters. The van der Waals surface area contributed by atoms with Gasteiger partial charge in [0.25, 0.3) is 0 Å². The lowest BCUT2D eigenvalue weighted by atomic mass is 9.94. The number of ether oxygens (including phenoxy) is 2. The van der Waals surface area contributed by atoms with Crippen LogP contribution in [-0.4, -0.2) is 53.6 Å². The summed E-state index contributed by atoms with van der Waals surface area (Å²) in [6.07, 6.45) is -0.271. The Morgan fingerprint density at radius 2 is 1.27 bits per heavy atom. The molecule has 0 aromatic heterocycles. The van der Waals surface area contributed by atoms with Crippen LogP contribution in [0, 0.1) is 0 Å². The topological polar surface area (TPSA) is 154 Å². The van der Waals surface area contributed by atoms with Gasteiger partial charge in [0.05, 0.1) is 26.7 Å². The van der Waals surface area contributed by atoms with Gasteiger partial charge < -0.3 is 29.7 Å². The first-order chi connectivity index (χ1) is 21.1. The molecule has 0 saturated carbocycles. The Bertz CT molecular complexity index is 1540. The zero-order valence-corrected chi connectivity index (χ0v) is 25.2. The summed E-state index contributed by atoms with van der Waals surface area (Å²) in [5.41, 5.74) is 3.09. The largest absolute Gasteiger partial charge is 0.497 e. The lowest BCUT2D eigenvalue weighted by Gasteiger charge is -2.39. The van der Waals surface area contributed by atoms with E-state index in [1.165, 1.54) is 38.5 Å². The smallest absolute Gasteiger partial charge is 0.354 e. The second-order valence-corrected chi connectivity index (χ2v) is 11.9. The summed E-state index contributed by atoms with van der Waals surface area (Å²) in [6.45, 7) is -0.159. The van der Waals surface area contributed by atoms with E-state index in [9.17, 15) is 23.9 Å². The van der Waals surface area contributed by atoms with Gasteiger partial charge in [-0.05, 0) is 58.5 Å². The highest BCUT2D eigenvalue weighted by Crippen LogP contribution is 2.59. The number of amides is 1. The van der Waals surface area contributed by atoms with Crippen LogP contribution in [0.4, 0.5) is 0 Å². The number of benzene rings is 4. The fourth-order valence-electron chi connectivity index (χ4n) is 5.00. The Hall–Kier alpha value is -4.47. The third-order valence-corrected chi connectivity index (χ3v) is 8.81. The zero-order chi connectivity index (χ0) is 31.7. The van der Waals surface area contributed by atoms with Gasteiger partial charge in [-0.3, -0.25) is 19.5 Å². The first-order valence-corrected chi connectivity index (χ1v) is 15.4. The van der Waals surface area contributed by atoms with Crippen LogP contribution in [0.15, 0.2) is 103 Å². The molecule has 4 aromatic rings. The van der Waals surface area contributed by atoms with E-state index < -0.39 is 30.8 Å². The molecule has 0 heterocycles. The number of carbonyl (C=O) groups excluding carboxylic acids is 1. The minimum absolute atomic E-state index is 0.0437. The molecule has 0 aliphatic heterocycles. The molecule has 0 radical (unpaired) electrons. The number of carboxylic acid groups (broad SMARTS) is 1. The molecule has 230 valence electrons. The second-order valence-electron chi connectivity index (χ2n) is 10.1. The highest BCUT2D eigenvalue weighted by Gasteiger charge is 2.52. The number of carbonyl (C=O) groups is 2. The van der Waals surface area contributed by atoms with Crippen molar-refractivity contribution in [2.75, 3.05) is 20.8 Å². The van der Waals surface area contributed by atoms with E-state index in [0.29, 0.717) is 11.5 Å². The highest BCUT2D eigenvalue weighted by molar-refractivity contribution is 7.53. The Balaban J connectivity index is 1.80. The first kappa shape index (κ1) is 32.4. The molecule has 0 spiro atoms. The van der Waals surface area contributed by atoms with Crippen molar-refractivity contribution in [3.05, 3.63) is 120 Å². The maximum Gasteiger partial charge on any atom is 0.354 e. The quantitative estimate of drug-likeness (QED) is 0.128. The standard InChI is InChI=1S/C33H35N2O8P/c1-42-28-16-12-26(13-17-28)33(44(39,40)41,27-14-18-29(43-2)19-15-27)35-30(32(38)34-21-20-31(36)37)22-23-8-10-25(11-9-23)24-6-4-3-5-7-24/h3-19,30,35H,20-22H2,1-2H3,(H,34,38)(H,36,37)(H2,39,40,41)/t30-/m0/s1. The number of hydrogen-bond donors (Lipinski definition) is 5. The third kappa shape index (κ3) is 7.53. The number of carboxylic acids is 1. The van der Waals surface area contributed by atoms with Gasteiger partial charge >= 0.3 is 13.6 Å². The van der Waals surface area contributed by atoms with Crippen molar-refractivity contribution >= 4 is 19.5 Å². The maximum atomic E-state index is 13.6. The minimum atomic E-state index is -5.15. The van der Waals surface area contributed by atoms with E-state index in [2.05, 4.69) is 10.6 Å². The minimum Gasteiger partial charge on any atom is -0.497 e. The predicted molar refractivity (Wildman–Crippen MR) is 167 cm³/mol. The molecule has 0 aliphatic rings. The van der Waals surface area contributed by atoms with Gasteiger partial charge in [-0.15, -0.1) is 0 Å². The van der Waals surface area contributed by atoms with Crippen molar-refractivity contribution in [2.45, 2.75) is 24.2 Å². The summed E-state index contributed by atoms with van der Waals surface area (Å²) >= 11 is 0. The van der Waals surface area contributed by atoms with Crippen LogP contribution in [0.3, 0.4) is 0 Å². The van der Waals surface area contributed by atoms with Gasteiger partial charge in [-0.2, -0.15) is 0 Å². The second kappa shape index (κ2) is 14.3. The van der Waals surface area contributed by atoms with E-state index >= 15 is 0 Å². The van der Waals surface area contributed by atoms with Crippen molar-refractivity contribution in [1.29, 1.82) is 0 Å². The summed E-state index contributed by atoms with van der Waals surface area (Å²) in [4.78, 5) is 46.9. The fraction of sp³-hybridized carbons (Fsp3) is 0.212. The summed E-state index contributed by atoms with van der Waals surface area (Å²) in [7, 11) is -2.19. The molecule has 11 heteroatoms. The fourth-order valence-corrected chi connectivity index (χ4v) is 6.29. The number of nitrogens with one attached hydrogen (secondary N) is 2. The number of rotatable bonds is 14. The Morgan fingerprint density at radius 1 is 0.773 bits per heavy atom. The SMILES string of the molecule is COc1ccc(C(N[C@@H](Cc2ccc(-c3ccccc3)cc2)C(=O)NCCC(=O)O)(c2ccc(OC)cc2)P(=O)(O)O)cc1. The van der Waals surface area contributed by atoms with E-state index in [1.54, 1.807) is 24.3 Å². The normalized spacial score (nSPS) is 12.3. The molecule has 0 bridgehead atoms. The molecule has 0 fully saturated rings. The summed E-state index contributed by atoms with van der Waals surface area (Å²) in [6, 6.07) is 28.5. The van der Waals surface area contributed by atoms with Crippen LogP contribution in [-0.2, 0) is 25.9 Å². The molecule has 0 saturated heterocycles. The first-order valence-electron chi connectivity index (χ1n) is 13.8. The van der Waals surface area contributed by atoms with Gasteiger partial charge in [0.15, 0.2) is 5.28 Å². The van der Waals surface area contributed by atoms with E-state index in [0.717, 1.165) is 16.7 Å². The van der Waals surface area contributed by atoms with Crippen molar-refractivity contribution in [3.8, 4) is 22.6 Å². The molecule has 4 rings (SSSR count). The zero-order valence-electron chi connectivity index (χ0n) is 24.3. The Labute approximate surface area is 255 Å². The molecule has 1 amide bonds. The van der Waals surface area contributed by atoms with Gasteiger partial charge in [-0.25, -0.2) is 0 Å². The molecular weight excluding hydrogens is 583 g/mol. The molecule has 5 N–H and O–H groups in total. The predicted octanol–water partition coefficient (Wildman–Crippen LogP) is 4.54. The third-order valence-electron chi connectivity index (χ3n) is 7.29. The molecular formula is C33H35N2O8P. The van der Waals surface area contributed by atoms with E-state index in [4.69, 9.17) is 14.6 Å². The lowest BCUT2D eigenvalue weighted by Crippen LogP contribution is -2.55. The lowest BCUT2D eigenvalue weighted by molar-refractivity contribution is -0.137. The van der Waals surface area contributed by atoms with Gasteiger partial charge in [-0.1, -0.05) is 78.9 Å². The van der Waals surface area contributed by atoms with E-state index in [1.807, 2.05) is 54.6 Å². The van der Waals surface area contributed by atoms with Gasteiger partial charge in [0.1, 0.15) is 11.5 Å². The number of aliphatic carboxylic acids is 1. The molecule has 0 aliphatic carbocycles. The molecule has 1 atom stereocenters. The molecule has 44 heavy (non-hydrogen) atoms. The average molecular weight is 619 g/mol. The summed E-state index contributed by atoms with van der Waals surface area (Å²) < 4.78 is 24.2. The van der Waals surface area contributed by atoms with Crippen LogP contribution in [0.1, 0.15) is 23.1 Å². The molecule has 4 aromatic carbocycles. The highest BCUT2D eigenvalue weighted by atomic mass is 31.2. The maximum absolute atomic E-state index is 13.6. The van der Waals surface area contributed by atoms with Gasteiger partial charge in [0.2, 0.25) is 5.91 Å². The Morgan fingerprint density at radius 3 is 1.73 bits per heavy atom. The van der Waals surface area contributed by atoms with Crippen LogP contribution < -0.4 is 20.1 Å². The van der Waals surface area contributed by atoms with Crippen LogP contribution in [0.25, 0.3) is 11.1 Å². The molecule has 10 nitrogen and oxygen atoms in total. The van der Waals surface area contributed by atoms with Gasteiger partial charge in [0, 0.05) is 6.54 Å². The summed E-state index contributed by atoms with van der Waals surface area (Å²) in [5.74, 6) is -0.750. The van der Waals surface area contributed by atoms with Crippen molar-refractivity contribution < 1.29 is 38.5 Å². The van der Waals surface area contributed by atoms with Crippen LogP contribution in [0.2, 0.25) is 0 Å².